The number of nitrogens with zero attached hydrogens (tertiary/aromatic N) is 3. The first kappa shape index (κ1) is 18.0. The number of rotatable bonds is 2. The van der Waals surface area contributed by atoms with Gasteiger partial charge in [0.15, 0.2) is 0 Å². The first-order valence-corrected chi connectivity index (χ1v) is 9.54. The number of aromatic nitrogens is 2. The van der Waals surface area contributed by atoms with Gasteiger partial charge in [-0.25, -0.2) is 4.98 Å². The molecule has 1 aromatic heterocycles. The zero-order valence-corrected chi connectivity index (χ0v) is 15.6. The molecule has 2 aliphatic heterocycles. The summed E-state index contributed by atoms with van der Waals surface area (Å²) < 4.78 is 14.4. The number of para-hydroxylation sites is 1. The molecule has 3 heterocycles. The molecule has 1 N–H and O–H groups in total. The molecule has 1 aromatic carbocycles. The number of imidazole rings is 1. The second-order valence-electron chi connectivity index (χ2n) is 7.25. The molecule has 0 unspecified atom stereocenters. The molecule has 144 valence electrons. The molecule has 2 aliphatic rings. The molecule has 7 heteroatoms. The second kappa shape index (κ2) is 8.10. The van der Waals surface area contributed by atoms with Gasteiger partial charge in [0.1, 0.15) is 18.0 Å². The van der Waals surface area contributed by atoms with E-state index in [0.717, 1.165) is 38.2 Å². The van der Waals surface area contributed by atoms with Gasteiger partial charge in [-0.1, -0.05) is 12.1 Å². The van der Waals surface area contributed by atoms with Crippen molar-refractivity contribution in [3.8, 4) is 5.75 Å². The monoisotopic (exact) mass is 370 g/mol. The lowest BCUT2D eigenvalue weighted by Crippen LogP contribution is -2.34. The molecule has 0 radical (unpaired) electrons. The lowest BCUT2D eigenvalue weighted by Gasteiger charge is -2.23. The quantitative estimate of drug-likeness (QED) is 0.870. The summed E-state index contributed by atoms with van der Waals surface area (Å²) in [5.41, 5.74) is 1.62. The zero-order chi connectivity index (χ0) is 18.6. The summed E-state index contributed by atoms with van der Waals surface area (Å²) in [7, 11) is 1.97. The molecule has 4 rings (SSSR count). The van der Waals surface area contributed by atoms with Crippen LogP contribution in [0, 0.1) is 0 Å². The molecule has 7 nitrogen and oxygen atoms in total. The Morgan fingerprint density at radius 3 is 2.93 bits per heavy atom. The molecular weight excluding hydrogens is 344 g/mol. The molecule has 1 fully saturated rings. The molecule has 0 aliphatic carbocycles. The number of carbonyl (C=O) groups is 1. The standard InChI is InChI=1S/C20H26N4O3/c1-23-10-15(22-14-23)11-24-12-18-19(13-24)27-17-7-3-2-6-16(17)20(25)21-8-4-5-9-26-18/h2-3,6-7,10,14,18-19H,4-5,8-9,11-13H2,1H3,(H,21,25)/t18-,19+/m0/s1. The van der Waals surface area contributed by atoms with E-state index in [1.807, 2.05) is 48.4 Å². The Hall–Kier alpha value is -2.38. The highest BCUT2D eigenvalue weighted by Crippen LogP contribution is 2.25. The van der Waals surface area contributed by atoms with Crippen LogP contribution >= 0.6 is 0 Å². The molecule has 2 aromatic rings. The minimum absolute atomic E-state index is 0.00995. The average Bonchev–Trinajstić information content (AvgIpc) is 3.23. The van der Waals surface area contributed by atoms with Crippen LogP contribution < -0.4 is 10.1 Å². The number of carbonyl (C=O) groups excluding carboxylic acids is 1. The molecule has 1 amide bonds. The number of benzene rings is 1. The van der Waals surface area contributed by atoms with Crippen LogP contribution in [0.15, 0.2) is 36.8 Å². The van der Waals surface area contributed by atoms with Crippen LogP contribution in [0.5, 0.6) is 5.75 Å². The topological polar surface area (TPSA) is 68.6 Å². The van der Waals surface area contributed by atoms with E-state index in [1.54, 1.807) is 0 Å². The van der Waals surface area contributed by atoms with Crippen molar-refractivity contribution in [1.29, 1.82) is 0 Å². The van der Waals surface area contributed by atoms with Gasteiger partial charge < -0.3 is 19.4 Å². The second-order valence-corrected chi connectivity index (χ2v) is 7.25. The van der Waals surface area contributed by atoms with Crippen LogP contribution in [-0.2, 0) is 18.3 Å². The van der Waals surface area contributed by atoms with Gasteiger partial charge in [-0.2, -0.15) is 0 Å². The number of fused-ring (bicyclic) bond motifs is 2. The van der Waals surface area contributed by atoms with E-state index in [-0.39, 0.29) is 18.1 Å². The van der Waals surface area contributed by atoms with Crippen LogP contribution in [-0.4, -0.2) is 58.8 Å². The maximum absolute atomic E-state index is 12.5. The number of ether oxygens (including phenoxy) is 2. The Balaban J connectivity index is 1.52. The van der Waals surface area contributed by atoms with Gasteiger partial charge in [-0.05, 0) is 25.0 Å². The molecule has 0 spiro atoms. The Labute approximate surface area is 159 Å². The summed E-state index contributed by atoms with van der Waals surface area (Å²) in [5, 5.41) is 2.96. The van der Waals surface area contributed by atoms with E-state index in [4.69, 9.17) is 9.47 Å². The van der Waals surface area contributed by atoms with Crippen molar-refractivity contribution in [2.45, 2.75) is 31.6 Å². The molecular formula is C20H26N4O3. The maximum Gasteiger partial charge on any atom is 0.255 e. The van der Waals surface area contributed by atoms with Crippen molar-refractivity contribution < 1.29 is 14.3 Å². The van der Waals surface area contributed by atoms with Crippen molar-refractivity contribution in [1.82, 2.24) is 19.8 Å². The SMILES string of the molecule is Cn1cnc(CN2C[C@@H]3OCCCCNC(=O)c4ccccc4O[C@@H]3C2)c1. The van der Waals surface area contributed by atoms with Crippen LogP contribution in [0.3, 0.4) is 0 Å². The largest absolute Gasteiger partial charge is 0.485 e. The summed E-state index contributed by atoms with van der Waals surface area (Å²) in [6, 6.07) is 7.43. The van der Waals surface area contributed by atoms with Gasteiger partial charge in [0.05, 0.1) is 17.6 Å². The number of amides is 1. The van der Waals surface area contributed by atoms with Gasteiger partial charge in [0.2, 0.25) is 0 Å². The van der Waals surface area contributed by atoms with Gasteiger partial charge in [0, 0.05) is 46.0 Å². The van der Waals surface area contributed by atoms with Gasteiger partial charge in [-0.3, -0.25) is 9.69 Å². The minimum Gasteiger partial charge on any atom is -0.485 e. The molecule has 0 saturated carbocycles. The van der Waals surface area contributed by atoms with Crippen molar-refractivity contribution >= 4 is 5.91 Å². The van der Waals surface area contributed by atoms with E-state index < -0.39 is 0 Å². The summed E-state index contributed by atoms with van der Waals surface area (Å²) >= 11 is 0. The van der Waals surface area contributed by atoms with E-state index in [9.17, 15) is 4.79 Å². The fourth-order valence-electron chi connectivity index (χ4n) is 3.68. The summed E-state index contributed by atoms with van der Waals surface area (Å²) in [6.07, 6.45) is 5.56. The molecule has 2 atom stereocenters. The van der Waals surface area contributed by atoms with Gasteiger partial charge in [0.25, 0.3) is 5.91 Å². The van der Waals surface area contributed by atoms with Crippen molar-refractivity contribution in [2.24, 2.45) is 7.05 Å². The highest BCUT2D eigenvalue weighted by molar-refractivity contribution is 5.96. The summed E-state index contributed by atoms with van der Waals surface area (Å²) in [6.45, 7) is 3.64. The molecule has 0 bridgehead atoms. The fourth-order valence-corrected chi connectivity index (χ4v) is 3.68. The van der Waals surface area contributed by atoms with Gasteiger partial charge in [-0.15, -0.1) is 0 Å². The predicted molar refractivity (Wildman–Crippen MR) is 101 cm³/mol. The number of aryl methyl sites for hydroxylation is 1. The van der Waals surface area contributed by atoms with E-state index in [2.05, 4.69) is 15.2 Å². The average molecular weight is 370 g/mol. The lowest BCUT2D eigenvalue weighted by atomic mass is 10.1. The Morgan fingerprint density at radius 2 is 2.07 bits per heavy atom. The Kier molecular flexibility index (Phi) is 5.40. The van der Waals surface area contributed by atoms with Gasteiger partial charge >= 0.3 is 0 Å². The Morgan fingerprint density at radius 1 is 1.22 bits per heavy atom. The molecule has 1 saturated heterocycles. The summed E-state index contributed by atoms with van der Waals surface area (Å²) in [4.78, 5) is 19.2. The highest BCUT2D eigenvalue weighted by Gasteiger charge is 2.36. The zero-order valence-electron chi connectivity index (χ0n) is 15.6. The normalized spacial score (nSPS) is 24.1. The number of hydrogen-bond acceptors (Lipinski definition) is 5. The van der Waals surface area contributed by atoms with Crippen LogP contribution in [0.1, 0.15) is 28.9 Å². The van der Waals surface area contributed by atoms with Crippen LogP contribution in [0.4, 0.5) is 0 Å². The van der Waals surface area contributed by atoms with E-state index in [1.165, 1.54) is 0 Å². The number of hydrogen-bond donors (Lipinski definition) is 1. The van der Waals surface area contributed by atoms with Crippen LogP contribution in [0.25, 0.3) is 0 Å². The van der Waals surface area contributed by atoms with Crippen molar-refractivity contribution in [3.05, 3.63) is 48.0 Å². The summed E-state index contributed by atoms with van der Waals surface area (Å²) in [5.74, 6) is 0.542. The van der Waals surface area contributed by atoms with Crippen LogP contribution in [0.2, 0.25) is 0 Å². The number of likely N-dealkylation sites (tertiary alicyclic amines) is 1. The number of nitrogens with one attached hydrogen (secondary N) is 1. The van der Waals surface area contributed by atoms with E-state index in [0.29, 0.717) is 24.5 Å². The predicted octanol–water partition coefficient (Wildman–Crippen LogP) is 1.59. The maximum atomic E-state index is 12.5. The fraction of sp³-hybridized carbons (Fsp3) is 0.500. The van der Waals surface area contributed by atoms with Crippen molar-refractivity contribution in [3.63, 3.8) is 0 Å². The smallest absolute Gasteiger partial charge is 0.255 e. The Bertz CT molecular complexity index is 791. The lowest BCUT2D eigenvalue weighted by molar-refractivity contribution is -0.000381. The third-order valence-electron chi connectivity index (χ3n) is 5.03. The van der Waals surface area contributed by atoms with E-state index >= 15 is 0 Å². The third-order valence-corrected chi connectivity index (χ3v) is 5.03. The van der Waals surface area contributed by atoms with Crippen molar-refractivity contribution in [2.75, 3.05) is 26.2 Å². The minimum atomic E-state index is -0.109. The first-order valence-electron chi connectivity index (χ1n) is 9.54. The highest BCUT2D eigenvalue weighted by atomic mass is 16.5. The third kappa shape index (κ3) is 4.31. The first-order chi connectivity index (χ1) is 13.2. The molecule has 27 heavy (non-hydrogen) atoms.